The van der Waals surface area contributed by atoms with Gasteiger partial charge in [-0.1, -0.05) is 24.3 Å². The molecule has 8 heterocycles. The number of ether oxygens (including phenoxy) is 1. The molecule has 97 heavy (non-hydrogen) atoms. The Morgan fingerprint density at radius 3 is 2.04 bits per heavy atom. The molecular formula is C67H77FI2N16O11. The summed E-state index contributed by atoms with van der Waals surface area (Å²) in [7, 11) is 2.92. The van der Waals surface area contributed by atoms with E-state index < -0.39 is 108 Å². The molecule has 0 radical (unpaired) electrons. The van der Waals surface area contributed by atoms with Crippen molar-refractivity contribution in [1.82, 2.24) is 69.6 Å². The number of piperidine rings is 1. The van der Waals surface area contributed by atoms with E-state index >= 15 is 14.4 Å². The number of aromatic nitrogens is 4. The van der Waals surface area contributed by atoms with E-state index in [1.54, 1.807) is 68.6 Å². The number of nitrogens with one attached hydrogen (secondary N) is 8. The third-order valence-corrected chi connectivity index (χ3v) is 19.8. The zero-order chi connectivity index (χ0) is 69.2. The number of nitrogens with two attached hydrogens (primary N) is 2. The van der Waals surface area contributed by atoms with Gasteiger partial charge in [0.05, 0.1) is 42.2 Å². The Hall–Kier alpha value is -9.02. The van der Waals surface area contributed by atoms with Gasteiger partial charge in [0.15, 0.2) is 0 Å². The molecule has 12 N–H and O–H groups in total. The summed E-state index contributed by atoms with van der Waals surface area (Å²) in [6, 6.07) is 13.7. The van der Waals surface area contributed by atoms with Crippen molar-refractivity contribution in [3.63, 3.8) is 0 Å². The maximum atomic E-state index is 15.4. The zero-order valence-corrected chi connectivity index (χ0v) is 57.9. The molecule has 2 fully saturated rings. The highest BCUT2D eigenvalue weighted by Gasteiger charge is 2.43. The van der Waals surface area contributed by atoms with Crippen LogP contribution in [0.3, 0.4) is 0 Å². The van der Waals surface area contributed by atoms with Crippen molar-refractivity contribution in [2.24, 2.45) is 17.5 Å². The number of carbonyl (C=O) groups excluding carboxylic acids is 10. The number of H-pyrrole nitrogens is 2. The Kier molecular flexibility index (Phi) is 23.3. The molecule has 4 aromatic carbocycles. The van der Waals surface area contributed by atoms with Gasteiger partial charge in [-0.2, -0.15) is 0 Å². The lowest BCUT2D eigenvalue weighted by Crippen LogP contribution is -2.63. The van der Waals surface area contributed by atoms with Crippen LogP contribution in [0, 0.1) is 15.3 Å². The average molecular weight is 1560 g/mol. The van der Waals surface area contributed by atoms with Crippen LogP contribution in [0.5, 0.6) is 5.75 Å². The maximum absolute atomic E-state index is 15.4. The van der Waals surface area contributed by atoms with Crippen molar-refractivity contribution in [3.05, 3.63) is 153 Å². The van der Waals surface area contributed by atoms with Gasteiger partial charge in [-0.25, -0.2) is 20.6 Å². The van der Waals surface area contributed by atoms with Crippen LogP contribution in [0.1, 0.15) is 83.8 Å². The molecule has 1 unspecified atom stereocenters. The number of hydrazine groups is 2. The van der Waals surface area contributed by atoms with Crippen molar-refractivity contribution in [2.45, 2.75) is 120 Å². The molecule has 7 aromatic rings. The van der Waals surface area contributed by atoms with Crippen molar-refractivity contribution in [2.75, 3.05) is 40.3 Å². The van der Waals surface area contributed by atoms with E-state index in [0.717, 1.165) is 24.5 Å². The Bertz CT molecular complexity index is 4080. The molecule has 0 saturated carbocycles. The summed E-state index contributed by atoms with van der Waals surface area (Å²) >= 11 is 4.12. The Morgan fingerprint density at radius 2 is 1.39 bits per heavy atom. The predicted octanol–water partition coefficient (Wildman–Crippen LogP) is 2.91. The number of rotatable bonds is 11. The Balaban J connectivity index is 0.982. The number of benzene rings is 4. The summed E-state index contributed by atoms with van der Waals surface area (Å²) in [6.07, 6.45) is 7.58. The fraction of sp³-hybridized carbons (Fsp3) is 0.388. The Labute approximate surface area is 585 Å². The van der Waals surface area contributed by atoms with Crippen LogP contribution in [0.15, 0.2) is 110 Å². The molecule has 12 rings (SSSR count). The summed E-state index contributed by atoms with van der Waals surface area (Å²) < 4.78 is 22.8. The number of fused-ring (bicyclic) bond motifs is 4. The van der Waals surface area contributed by atoms with Crippen LogP contribution in [0.25, 0.3) is 21.8 Å². The third kappa shape index (κ3) is 17.2. The van der Waals surface area contributed by atoms with Gasteiger partial charge in [-0.05, 0) is 150 Å². The molecule has 512 valence electrons. The SMILES string of the molecule is CNN1C(=O)[C@H](Cc2cncn2I)NC(=O)CNC(=O)[C@H](Cc2c[nH]c3ccc(F)cc23)NC(=O)[C@H](Cc2c[nH]c3ccc(I)cc23)NC(=O)[C@@H](C)N(N)C(=O)CCC2CCN(CC2)C(=O)c2ccc(cc2)C[C@@H](C(N)=O)NC(=O)C2CCCN2C(=O)[C@H]1Cc1ccc(OC)cc1. The highest BCUT2D eigenvalue weighted by atomic mass is 127. The fourth-order valence-electron chi connectivity index (χ4n) is 12.7. The van der Waals surface area contributed by atoms with Crippen LogP contribution in [0.4, 0.5) is 4.39 Å². The van der Waals surface area contributed by atoms with E-state index in [1.165, 1.54) is 56.7 Å². The van der Waals surface area contributed by atoms with E-state index in [0.29, 0.717) is 88.9 Å². The minimum atomic E-state index is -1.52. The monoisotopic (exact) mass is 1550 g/mol. The second-order valence-corrected chi connectivity index (χ2v) is 26.9. The van der Waals surface area contributed by atoms with E-state index in [9.17, 15) is 38.0 Å². The van der Waals surface area contributed by atoms with Crippen molar-refractivity contribution in [1.29, 1.82) is 0 Å². The van der Waals surface area contributed by atoms with Gasteiger partial charge in [-0.3, -0.25) is 60.7 Å². The first-order valence-electron chi connectivity index (χ1n) is 31.9. The second kappa shape index (κ2) is 31.9. The lowest BCUT2D eigenvalue weighted by atomic mass is 9.91. The quantitative estimate of drug-likeness (QED) is 0.0506. The van der Waals surface area contributed by atoms with Gasteiger partial charge in [0.2, 0.25) is 47.3 Å². The number of hydrogen-bond donors (Lipinski definition) is 10. The maximum Gasteiger partial charge on any atom is 0.260 e. The summed E-state index contributed by atoms with van der Waals surface area (Å²) in [5, 5.41) is 16.8. The molecule has 10 amide bonds. The number of amides is 10. The summed E-state index contributed by atoms with van der Waals surface area (Å²) in [6.45, 7) is 1.53. The molecule has 4 bridgehead atoms. The molecule has 5 aliphatic rings. The number of primary amides is 1. The topological polar surface area (TPSA) is 367 Å². The van der Waals surface area contributed by atoms with Crippen LogP contribution < -0.4 is 48.3 Å². The van der Waals surface area contributed by atoms with Crippen LogP contribution in [-0.2, 0) is 75.3 Å². The molecule has 0 spiro atoms. The van der Waals surface area contributed by atoms with Crippen molar-refractivity contribution >= 4 is 126 Å². The molecule has 2 saturated heterocycles. The molecule has 30 heteroatoms. The smallest absolute Gasteiger partial charge is 0.260 e. The average Bonchev–Trinajstić information content (AvgIpc) is 1.78. The van der Waals surface area contributed by atoms with Gasteiger partial charge in [0.25, 0.3) is 11.8 Å². The first-order chi connectivity index (χ1) is 46.5. The molecule has 27 nitrogen and oxygen atoms in total. The number of aromatic amines is 2. The van der Waals surface area contributed by atoms with Crippen molar-refractivity contribution in [3.8, 4) is 5.75 Å². The van der Waals surface area contributed by atoms with Gasteiger partial charge < -0.3 is 56.8 Å². The molecule has 7 atom stereocenters. The number of hydrogen-bond acceptors (Lipinski definition) is 14. The summed E-state index contributed by atoms with van der Waals surface area (Å²) in [5.41, 5.74) is 13.1. The van der Waals surface area contributed by atoms with E-state index in [4.69, 9.17) is 16.3 Å². The minimum Gasteiger partial charge on any atom is -0.497 e. The van der Waals surface area contributed by atoms with Gasteiger partial charge in [0.1, 0.15) is 60.2 Å². The van der Waals surface area contributed by atoms with Crippen molar-refractivity contribution < 1.29 is 57.1 Å². The number of carbonyl (C=O) groups is 10. The first-order valence-corrected chi connectivity index (χ1v) is 33.9. The number of methoxy groups -OCH3 is 1. The summed E-state index contributed by atoms with van der Waals surface area (Å²) in [4.78, 5) is 158. The standard InChI is InChI=1S/C67H77FI2N16O11/c1-37-61(90)80-54(28-43-33-76-51-18-14-45(69)30-49(43)51)63(92)81-53(27-42-32-75-50-17-13-44(68)29-48(42)50)62(91)77-35-58(87)78-55(31-46-34-74-36-84(46)70)66(95)86(73-2)57(26-40-8-15-47(97-3)16-9-40)67(96)83-22-4-5-56(83)64(93)79-52(60(71)89)25-39-6-11-41(12-7-39)65(94)82-23-20-38(21-24-82)10-19-59(88)85(37)72/h6-9,11-18,29-30,32-34,36-38,52-57,73,75-76H,4-5,10,19-28,31,35,72H2,1-3H3,(H2,71,89)(H,77,91)(H,78,87)(H,79,93)(H,80,90)(H,81,92)/t37-,52+,53+,54+,55+,56?,57-/m1/s1. The minimum absolute atomic E-state index is 0.0241. The Morgan fingerprint density at radius 1 is 0.732 bits per heavy atom. The van der Waals surface area contributed by atoms with Crippen LogP contribution in [-0.4, -0.2) is 179 Å². The lowest BCUT2D eigenvalue weighted by Gasteiger charge is -2.36. The fourth-order valence-corrected chi connectivity index (χ4v) is 13.7. The second-order valence-electron chi connectivity index (χ2n) is 24.6. The van der Waals surface area contributed by atoms with Crippen LogP contribution >= 0.6 is 45.5 Å². The van der Waals surface area contributed by atoms with Gasteiger partial charge in [-0.15, -0.1) is 0 Å². The predicted molar refractivity (Wildman–Crippen MR) is 372 cm³/mol. The number of nitrogens with zero attached hydrogens (tertiary/aromatic N) is 6. The van der Waals surface area contributed by atoms with E-state index in [-0.39, 0.29) is 63.3 Å². The van der Waals surface area contributed by atoms with Gasteiger partial charge >= 0.3 is 0 Å². The number of imidazole rings is 1. The largest absolute Gasteiger partial charge is 0.497 e. The highest BCUT2D eigenvalue weighted by Crippen LogP contribution is 2.28. The summed E-state index contributed by atoms with van der Waals surface area (Å²) in [5.74, 6) is -0.750. The molecule has 5 aliphatic heterocycles. The normalized spacial score (nSPS) is 22.9. The highest BCUT2D eigenvalue weighted by molar-refractivity contribution is 14.1. The molecular weight excluding hydrogens is 1480 g/mol. The molecule has 3 aromatic heterocycles. The number of halogens is 3. The van der Waals surface area contributed by atoms with E-state index in [1.807, 2.05) is 41.1 Å². The molecule has 0 aliphatic carbocycles. The first kappa shape index (κ1) is 70.8. The van der Waals surface area contributed by atoms with Gasteiger partial charge in [0, 0.05) is 115 Å². The third-order valence-electron chi connectivity index (χ3n) is 18.3. The van der Waals surface area contributed by atoms with Crippen LogP contribution in [0.2, 0.25) is 0 Å². The lowest BCUT2D eigenvalue weighted by molar-refractivity contribution is -0.152. The zero-order valence-electron chi connectivity index (χ0n) is 53.6. The van der Waals surface area contributed by atoms with E-state index in [2.05, 4.69) is 69.6 Å².